The molecule has 8 rings (SSSR count). The molecule has 0 saturated heterocycles. The van der Waals surface area contributed by atoms with Gasteiger partial charge < -0.3 is 14.5 Å². The van der Waals surface area contributed by atoms with E-state index in [2.05, 4.69) is 105 Å². The molecule has 0 aliphatic heterocycles. The Labute approximate surface area is 260 Å². The van der Waals surface area contributed by atoms with Gasteiger partial charge in [0, 0.05) is 51.9 Å². The van der Waals surface area contributed by atoms with Crippen molar-refractivity contribution >= 4 is 49.4 Å². The summed E-state index contributed by atoms with van der Waals surface area (Å²) in [4.78, 5) is 9.70. The Kier molecular flexibility index (Phi) is 6.95. The first-order valence-electron chi connectivity index (χ1n) is 15.5. The highest BCUT2D eigenvalue weighted by Gasteiger charge is 2.16. The van der Waals surface area contributed by atoms with Gasteiger partial charge in [-0.25, -0.2) is 9.37 Å². The Balaban J connectivity index is 1.12. The lowest BCUT2D eigenvalue weighted by Crippen LogP contribution is -2.07. The van der Waals surface area contributed by atoms with Gasteiger partial charge in [-0.2, -0.15) is 0 Å². The molecule has 220 valence electrons. The standard InChI is InChI=1S/C39H32FN5/c40-29-18-16-28(17-19-29)26-45-36-15-7-4-12-31(36)33-20-21-41-39(38(33)45)43-24-30-23-34-32-13-5-6-14-35(32)44(37(34)25-42-30)22-8-11-27-9-2-1-3-10-27/h1-7,9-10,12-21,23,25H,8,11,22,24,26H2,(H,41,43). The lowest BCUT2D eigenvalue weighted by Gasteiger charge is -2.12. The van der Waals surface area contributed by atoms with Gasteiger partial charge >= 0.3 is 0 Å². The number of nitrogens with one attached hydrogen (secondary N) is 1. The lowest BCUT2D eigenvalue weighted by atomic mass is 10.1. The maximum absolute atomic E-state index is 13.7. The van der Waals surface area contributed by atoms with E-state index in [0.717, 1.165) is 58.4 Å². The summed E-state index contributed by atoms with van der Waals surface area (Å²) in [6.07, 6.45) is 5.98. The van der Waals surface area contributed by atoms with Crippen LogP contribution in [-0.2, 0) is 26.1 Å². The summed E-state index contributed by atoms with van der Waals surface area (Å²) < 4.78 is 18.3. The molecule has 0 aliphatic carbocycles. The van der Waals surface area contributed by atoms with Gasteiger partial charge in [-0.15, -0.1) is 0 Å². The first-order chi connectivity index (χ1) is 22.2. The van der Waals surface area contributed by atoms with Gasteiger partial charge in [-0.05, 0) is 60.4 Å². The summed E-state index contributed by atoms with van der Waals surface area (Å²) in [7, 11) is 0. The molecule has 0 fully saturated rings. The Bertz CT molecular complexity index is 2280. The zero-order valence-electron chi connectivity index (χ0n) is 24.8. The Hall–Kier alpha value is -5.49. The lowest BCUT2D eigenvalue weighted by molar-refractivity contribution is 0.626. The van der Waals surface area contributed by atoms with Crippen LogP contribution in [0.1, 0.15) is 23.2 Å². The fourth-order valence-corrected chi connectivity index (χ4v) is 6.65. The molecule has 0 unspecified atom stereocenters. The maximum atomic E-state index is 13.7. The predicted molar refractivity (Wildman–Crippen MR) is 182 cm³/mol. The van der Waals surface area contributed by atoms with E-state index in [-0.39, 0.29) is 5.82 Å². The number of benzene rings is 4. The Morgan fingerprint density at radius 3 is 2.13 bits per heavy atom. The molecule has 5 nitrogen and oxygen atoms in total. The van der Waals surface area contributed by atoms with Crippen LogP contribution in [0.2, 0.25) is 0 Å². The summed E-state index contributed by atoms with van der Waals surface area (Å²) in [6, 6.07) is 38.7. The molecule has 8 aromatic rings. The summed E-state index contributed by atoms with van der Waals surface area (Å²) in [6.45, 7) is 2.08. The molecule has 4 aromatic heterocycles. The Morgan fingerprint density at radius 1 is 0.622 bits per heavy atom. The third-order valence-electron chi connectivity index (χ3n) is 8.78. The number of rotatable bonds is 9. The van der Waals surface area contributed by atoms with Crippen molar-refractivity contribution in [2.75, 3.05) is 5.32 Å². The molecule has 0 atom stereocenters. The van der Waals surface area contributed by atoms with Crippen LogP contribution in [0.5, 0.6) is 0 Å². The first-order valence-corrected chi connectivity index (χ1v) is 15.5. The van der Waals surface area contributed by atoms with Crippen LogP contribution in [-0.4, -0.2) is 19.1 Å². The average Bonchev–Trinajstić information content (AvgIpc) is 3.58. The fraction of sp³-hybridized carbons (Fsp3) is 0.128. The van der Waals surface area contributed by atoms with Crippen molar-refractivity contribution in [3.05, 3.63) is 150 Å². The fourth-order valence-electron chi connectivity index (χ4n) is 6.65. The van der Waals surface area contributed by atoms with Gasteiger partial charge in [0.05, 0.1) is 29.5 Å². The van der Waals surface area contributed by atoms with Crippen LogP contribution in [0.3, 0.4) is 0 Å². The zero-order chi connectivity index (χ0) is 30.2. The molecule has 4 aromatic carbocycles. The number of hydrogen-bond donors (Lipinski definition) is 1. The van der Waals surface area contributed by atoms with Gasteiger partial charge in [0.1, 0.15) is 5.82 Å². The van der Waals surface area contributed by atoms with E-state index in [1.807, 2.05) is 24.5 Å². The summed E-state index contributed by atoms with van der Waals surface area (Å²) in [5.41, 5.74) is 7.89. The number of nitrogens with zero attached hydrogens (tertiary/aromatic N) is 4. The highest BCUT2D eigenvalue weighted by Crippen LogP contribution is 2.34. The van der Waals surface area contributed by atoms with E-state index in [1.54, 1.807) is 0 Å². The molecule has 4 heterocycles. The van der Waals surface area contributed by atoms with Crippen molar-refractivity contribution in [3.8, 4) is 0 Å². The highest BCUT2D eigenvalue weighted by atomic mass is 19.1. The minimum absolute atomic E-state index is 0.232. The number of aryl methyl sites for hydroxylation is 2. The molecule has 1 N–H and O–H groups in total. The van der Waals surface area contributed by atoms with Crippen LogP contribution in [0.15, 0.2) is 128 Å². The van der Waals surface area contributed by atoms with Gasteiger partial charge in [0.25, 0.3) is 0 Å². The summed E-state index contributed by atoms with van der Waals surface area (Å²) in [5.74, 6) is 0.570. The van der Waals surface area contributed by atoms with Gasteiger partial charge in [-0.3, -0.25) is 4.98 Å². The number of fused-ring (bicyclic) bond motifs is 6. The minimum atomic E-state index is -0.232. The zero-order valence-corrected chi connectivity index (χ0v) is 24.8. The predicted octanol–water partition coefficient (Wildman–Crippen LogP) is 9.12. The highest BCUT2D eigenvalue weighted by molar-refractivity contribution is 6.11. The van der Waals surface area contributed by atoms with Crippen LogP contribution in [0.25, 0.3) is 43.6 Å². The number of halogens is 1. The molecular weight excluding hydrogens is 557 g/mol. The largest absolute Gasteiger partial charge is 0.363 e. The van der Waals surface area contributed by atoms with Gasteiger partial charge in [0.2, 0.25) is 0 Å². The van der Waals surface area contributed by atoms with Crippen LogP contribution >= 0.6 is 0 Å². The second-order valence-corrected chi connectivity index (χ2v) is 11.6. The summed E-state index contributed by atoms with van der Waals surface area (Å²) in [5, 5.41) is 8.37. The van der Waals surface area contributed by atoms with Gasteiger partial charge in [-0.1, -0.05) is 78.9 Å². The Morgan fingerprint density at radius 2 is 1.33 bits per heavy atom. The van der Waals surface area contributed by atoms with E-state index in [4.69, 9.17) is 9.97 Å². The molecule has 0 amide bonds. The van der Waals surface area contributed by atoms with E-state index < -0.39 is 0 Å². The van der Waals surface area contributed by atoms with Gasteiger partial charge in [0.15, 0.2) is 5.82 Å². The molecule has 0 radical (unpaired) electrons. The molecule has 0 saturated carbocycles. The quantitative estimate of drug-likeness (QED) is 0.183. The number of hydrogen-bond acceptors (Lipinski definition) is 3. The van der Waals surface area contributed by atoms with Crippen molar-refractivity contribution in [2.24, 2.45) is 0 Å². The number of pyridine rings is 2. The normalized spacial score (nSPS) is 11.7. The SMILES string of the molecule is Fc1ccc(Cn2c3ccccc3c3ccnc(NCc4cc5c6ccccc6n(CCCc6ccccc6)c5cn4)c32)cc1. The molecule has 0 bridgehead atoms. The first kappa shape index (κ1) is 27.1. The molecular formula is C39H32FN5. The maximum Gasteiger partial charge on any atom is 0.150 e. The van der Waals surface area contributed by atoms with Crippen molar-refractivity contribution in [3.63, 3.8) is 0 Å². The van der Waals surface area contributed by atoms with E-state index >= 15 is 0 Å². The minimum Gasteiger partial charge on any atom is -0.363 e. The van der Waals surface area contributed by atoms with E-state index in [1.165, 1.54) is 39.4 Å². The van der Waals surface area contributed by atoms with Crippen molar-refractivity contribution < 1.29 is 4.39 Å². The second-order valence-electron chi connectivity index (χ2n) is 11.6. The monoisotopic (exact) mass is 589 g/mol. The third-order valence-corrected chi connectivity index (χ3v) is 8.78. The number of aromatic nitrogens is 4. The topological polar surface area (TPSA) is 47.7 Å². The number of para-hydroxylation sites is 2. The molecule has 0 spiro atoms. The summed E-state index contributed by atoms with van der Waals surface area (Å²) >= 11 is 0. The second kappa shape index (κ2) is 11.5. The van der Waals surface area contributed by atoms with Crippen LogP contribution in [0, 0.1) is 5.82 Å². The van der Waals surface area contributed by atoms with Crippen molar-refractivity contribution in [2.45, 2.75) is 32.5 Å². The van der Waals surface area contributed by atoms with E-state index in [0.29, 0.717) is 13.1 Å². The smallest absolute Gasteiger partial charge is 0.150 e. The molecule has 6 heteroatoms. The third kappa shape index (κ3) is 5.08. The number of anilines is 1. The van der Waals surface area contributed by atoms with Crippen molar-refractivity contribution in [1.29, 1.82) is 0 Å². The van der Waals surface area contributed by atoms with Crippen molar-refractivity contribution in [1.82, 2.24) is 19.1 Å². The van der Waals surface area contributed by atoms with E-state index in [9.17, 15) is 4.39 Å². The van der Waals surface area contributed by atoms with Crippen LogP contribution in [0.4, 0.5) is 10.2 Å². The molecule has 0 aliphatic rings. The van der Waals surface area contributed by atoms with Crippen LogP contribution < -0.4 is 5.32 Å². The average molecular weight is 590 g/mol. The molecule has 45 heavy (non-hydrogen) atoms.